The van der Waals surface area contributed by atoms with Crippen LogP contribution in [0.2, 0.25) is 0 Å². The molecule has 1 aromatic heterocycles. The van der Waals surface area contributed by atoms with Gasteiger partial charge in [-0.25, -0.2) is 0 Å². The van der Waals surface area contributed by atoms with Crippen molar-refractivity contribution in [3.05, 3.63) is 41.7 Å². The number of hydrogen-bond acceptors (Lipinski definition) is 5. The number of likely N-dealkylation sites (tertiary alicyclic amines) is 1. The van der Waals surface area contributed by atoms with Crippen LogP contribution in [0.3, 0.4) is 0 Å². The van der Waals surface area contributed by atoms with E-state index in [0.717, 1.165) is 17.5 Å². The summed E-state index contributed by atoms with van der Waals surface area (Å²) in [5, 5.41) is 9.63. The smallest absolute Gasteiger partial charge is 0.229 e. The number of aromatic nitrogens is 3. The van der Waals surface area contributed by atoms with Crippen molar-refractivity contribution in [1.29, 1.82) is 0 Å². The molecule has 1 aliphatic carbocycles. The van der Waals surface area contributed by atoms with Gasteiger partial charge < -0.3 is 4.57 Å². The van der Waals surface area contributed by atoms with Gasteiger partial charge in [-0.1, -0.05) is 42.1 Å². The average Bonchev–Trinajstić information content (AvgIpc) is 3.32. The maximum atomic E-state index is 11.7. The third kappa shape index (κ3) is 3.61. The van der Waals surface area contributed by atoms with Crippen molar-refractivity contribution in [2.45, 2.75) is 43.3 Å². The van der Waals surface area contributed by atoms with Crippen LogP contribution in [0.4, 0.5) is 0 Å². The first-order valence-corrected chi connectivity index (χ1v) is 9.64. The molecule has 2 aliphatic rings. The van der Waals surface area contributed by atoms with Crippen LogP contribution in [0.1, 0.15) is 43.0 Å². The molecule has 2 aromatic rings. The first-order chi connectivity index (χ1) is 12.2. The maximum absolute atomic E-state index is 11.7. The molecule has 0 radical (unpaired) electrons. The molecule has 1 aliphatic heterocycles. The Morgan fingerprint density at radius 1 is 1.04 bits per heavy atom. The summed E-state index contributed by atoms with van der Waals surface area (Å²) in [6.45, 7) is 1.20. The standard InChI is InChI=1S/C18H20N4O2S/c23-15-8-9-16(24)21(15)10-11-25-18-20-19-17(14-6-7-14)22(18)12-13-4-2-1-3-5-13/h1-5,14H,6-12H2. The predicted octanol–water partition coefficient (Wildman–Crippen LogP) is 2.44. The van der Waals surface area contributed by atoms with Crippen LogP contribution in [0, 0.1) is 0 Å². The summed E-state index contributed by atoms with van der Waals surface area (Å²) in [6.07, 6.45) is 3.04. The van der Waals surface area contributed by atoms with Gasteiger partial charge in [0.15, 0.2) is 5.16 Å². The van der Waals surface area contributed by atoms with Gasteiger partial charge in [-0.15, -0.1) is 10.2 Å². The van der Waals surface area contributed by atoms with Gasteiger partial charge in [-0.05, 0) is 18.4 Å². The van der Waals surface area contributed by atoms with Crippen LogP contribution in [0.25, 0.3) is 0 Å². The van der Waals surface area contributed by atoms with Crippen molar-refractivity contribution in [2.24, 2.45) is 0 Å². The molecule has 7 heteroatoms. The number of imide groups is 1. The van der Waals surface area contributed by atoms with Crippen LogP contribution in [0.15, 0.2) is 35.5 Å². The lowest BCUT2D eigenvalue weighted by atomic mass is 10.2. The van der Waals surface area contributed by atoms with Gasteiger partial charge in [0.1, 0.15) is 5.82 Å². The third-order valence-corrected chi connectivity index (χ3v) is 5.52. The first kappa shape index (κ1) is 16.3. The number of hydrogen-bond donors (Lipinski definition) is 0. The summed E-state index contributed by atoms with van der Waals surface area (Å²) in [4.78, 5) is 24.8. The Balaban J connectivity index is 1.45. The second-order valence-corrected chi connectivity index (χ2v) is 7.54. The molecule has 1 aromatic carbocycles. The van der Waals surface area contributed by atoms with Gasteiger partial charge in [0.2, 0.25) is 11.8 Å². The number of thioether (sulfide) groups is 1. The van der Waals surface area contributed by atoms with Gasteiger partial charge >= 0.3 is 0 Å². The van der Waals surface area contributed by atoms with Crippen LogP contribution in [-0.2, 0) is 16.1 Å². The zero-order valence-corrected chi connectivity index (χ0v) is 14.7. The zero-order chi connectivity index (χ0) is 17.2. The van der Waals surface area contributed by atoms with Crippen molar-refractivity contribution >= 4 is 23.6 Å². The highest BCUT2D eigenvalue weighted by atomic mass is 32.2. The fourth-order valence-electron chi connectivity index (χ4n) is 3.07. The number of carbonyl (C=O) groups is 2. The Hall–Kier alpha value is -2.15. The lowest BCUT2D eigenvalue weighted by Gasteiger charge is -2.14. The Labute approximate surface area is 150 Å². The average molecular weight is 356 g/mol. The van der Waals surface area contributed by atoms with Crippen molar-refractivity contribution < 1.29 is 9.59 Å². The largest absolute Gasteiger partial charge is 0.301 e. The number of carbonyl (C=O) groups excluding carboxylic acids is 2. The Kier molecular flexibility index (Phi) is 4.57. The first-order valence-electron chi connectivity index (χ1n) is 8.65. The van der Waals surface area contributed by atoms with E-state index in [1.54, 1.807) is 11.8 Å². The third-order valence-electron chi connectivity index (χ3n) is 4.57. The quantitative estimate of drug-likeness (QED) is 0.563. The van der Waals surface area contributed by atoms with Crippen LogP contribution >= 0.6 is 11.8 Å². The minimum atomic E-state index is -0.0602. The molecule has 25 heavy (non-hydrogen) atoms. The second-order valence-electron chi connectivity index (χ2n) is 6.47. The summed E-state index contributed by atoms with van der Waals surface area (Å²) in [7, 11) is 0. The molecule has 0 unspecified atom stereocenters. The molecule has 6 nitrogen and oxygen atoms in total. The summed E-state index contributed by atoms with van der Waals surface area (Å²) < 4.78 is 2.19. The Bertz CT molecular complexity index is 770. The molecule has 1 saturated carbocycles. The zero-order valence-electron chi connectivity index (χ0n) is 13.9. The maximum Gasteiger partial charge on any atom is 0.229 e. The molecule has 2 amide bonds. The van der Waals surface area contributed by atoms with Gasteiger partial charge in [0.25, 0.3) is 0 Å². The molecule has 0 N–H and O–H groups in total. The van der Waals surface area contributed by atoms with E-state index in [0.29, 0.717) is 31.1 Å². The predicted molar refractivity (Wildman–Crippen MR) is 94.2 cm³/mol. The monoisotopic (exact) mass is 356 g/mol. The highest BCUT2D eigenvalue weighted by Gasteiger charge is 2.31. The second kappa shape index (κ2) is 7.00. The fourth-order valence-corrected chi connectivity index (χ4v) is 3.93. The van der Waals surface area contributed by atoms with E-state index in [1.807, 2.05) is 18.2 Å². The van der Waals surface area contributed by atoms with E-state index in [1.165, 1.54) is 23.3 Å². The van der Waals surface area contributed by atoms with E-state index in [2.05, 4.69) is 26.9 Å². The Morgan fingerprint density at radius 3 is 2.44 bits per heavy atom. The van der Waals surface area contributed by atoms with Gasteiger partial charge in [-0.2, -0.15) is 0 Å². The molecule has 4 rings (SSSR count). The summed E-state index contributed by atoms with van der Waals surface area (Å²) in [6, 6.07) is 10.3. The van der Waals surface area contributed by atoms with Crippen molar-refractivity contribution in [3.63, 3.8) is 0 Å². The normalized spacial score (nSPS) is 17.5. The number of amides is 2. The van der Waals surface area contributed by atoms with E-state index < -0.39 is 0 Å². The van der Waals surface area contributed by atoms with E-state index in [9.17, 15) is 9.59 Å². The number of rotatable bonds is 7. The van der Waals surface area contributed by atoms with Gasteiger partial charge in [0.05, 0.1) is 6.54 Å². The molecular weight excluding hydrogens is 336 g/mol. The fraction of sp³-hybridized carbons (Fsp3) is 0.444. The van der Waals surface area contributed by atoms with Crippen molar-refractivity contribution in [2.75, 3.05) is 12.3 Å². The molecule has 0 bridgehead atoms. The molecule has 0 spiro atoms. The van der Waals surface area contributed by atoms with Crippen LogP contribution in [-0.4, -0.2) is 43.8 Å². The topological polar surface area (TPSA) is 68.1 Å². The molecule has 0 atom stereocenters. The summed E-state index contributed by atoms with van der Waals surface area (Å²) in [5.74, 6) is 2.10. The van der Waals surface area contributed by atoms with Gasteiger partial charge in [-0.3, -0.25) is 14.5 Å². The minimum absolute atomic E-state index is 0.0602. The van der Waals surface area contributed by atoms with Crippen molar-refractivity contribution in [1.82, 2.24) is 19.7 Å². The SMILES string of the molecule is O=C1CCC(=O)N1CCSc1nnc(C2CC2)n1Cc1ccccc1. The molecule has 2 heterocycles. The van der Waals surface area contributed by atoms with E-state index in [4.69, 9.17) is 0 Å². The highest BCUT2D eigenvalue weighted by Crippen LogP contribution is 2.40. The highest BCUT2D eigenvalue weighted by molar-refractivity contribution is 7.99. The molecule has 1 saturated heterocycles. The molecule has 2 fully saturated rings. The van der Waals surface area contributed by atoms with E-state index >= 15 is 0 Å². The Morgan fingerprint density at radius 2 is 1.76 bits per heavy atom. The summed E-state index contributed by atoms with van der Waals surface area (Å²) in [5.41, 5.74) is 1.22. The number of benzene rings is 1. The van der Waals surface area contributed by atoms with E-state index in [-0.39, 0.29) is 11.8 Å². The minimum Gasteiger partial charge on any atom is -0.301 e. The van der Waals surface area contributed by atoms with Gasteiger partial charge in [0, 0.05) is 31.1 Å². The lowest BCUT2D eigenvalue weighted by Crippen LogP contribution is -2.31. The molecular formula is C18H20N4O2S. The van der Waals surface area contributed by atoms with Crippen LogP contribution in [0.5, 0.6) is 0 Å². The molecule has 130 valence electrons. The van der Waals surface area contributed by atoms with Crippen molar-refractivity contribution in [3.8, 4) is 0 Å². The number of nitrogens with zero attached hydrogens (tertiary/aromatic N) is 4. The summed E-state index contributed by atoms with van der Waals surface area (Å²) >= 11 is 1.57. The lowest BCUT2D eigenvalue weighted by molar-refractivity contribution is -0.137. The van der Waals surface area contributed by atoms with Crippen LogP contribution < -0.4 is 0 Å².